The van der Waals surface area contributed by atoms with Gasteiger partial charge in [-0.2, -0.15) is 0 Å². The number of fused-ring (bicyclic) bond motifs is 1. The highest BCUT2D eigenvalue weighted by Crippen LogP contribution is 2.33. The number of pyridine rings is 1. The molecule has 1 aliphatic rings. The van der Waals surface area contributed by atoms with Crippen LogP contribution in [0.5, 0.6) is 5.88 Å². The molecule has 0 spiro atoms. The van der Waals surface area contributed by atoms with Gasteiger partial charge in [0.1, 0.15) is 18.0 Å². The van der Waals surface area contributed by atoms with Crippen LogP contribution in [0.3, 0.4) is 0 Å². The van der Waals surface area contributed by atoms with E-state index in [2.05, 4.69) is 15.3 Å². The van der Waals surface area contributed by atoms with E-state index in [0.29, 0.717) is 34.0 Å². The van der Waals surface area contributed by atoms with Gasteiger partial charge in [-0.3, -0.25) is 14.6 Å². The Bertz CT molecular complexity index is 1360. The van der Waals surface area contributed by atoms with Crippen molar-refractivity contribution >= 4 is 52.2 Å². The lowest BCUT2D eigenvalue weighted by molar-refractivity contribution is -0.120. The Morgan fingerprint density at radius 1 is 1.14 bits per heavy atom. The summed E-state index contributed by atoms with van der Waals surface area (Å²) in [5, 5.41) is 3.36. The van der Waals surface area contributed by atoms with Crippen molar-refractivity contribution in [2.45, 2.75) is 19.5 Å². The third kappa shape index (κ3) is 6.27. The molecule has 1 aliphatic heterocycles. The number of nitrogens with zero attached hydrogens (tertiary/aromatic N) is 2. The Morgan fingerprint density at radius 3 is 2.59 bits per heavy atom. The minimum absolute atomic E-state index is 0.0178. The molecule has 0 saturated heterocycles. The van der Waals surface area contributed by atoms with Crippen molar-refractivity contribution in [1.29, 1.82) is 0 Å². The maximum absolute atomic E-state index is 14.0. The van der Waals surface area contributed by atoms with Gasteiger partial charge in [0.05, 0.1) is 28.6 Å². The SMILES string of the molecule is CCOCCOc1ncc(F)cc1C(=O)NC1N=C(c2c(Cl)cc(Cl)cc2Cl)c2ccccc2CC1=O. The summed E-state index contributed by atoms with van der Waals surface area (Å²) in [7, 11) is 0. The fraction of sp³-hybridized carbons (Fsp3) is 0.231. The van der Waals surface area contributed by atoms with Crippen LogP contribution in [0.25, 0.3) is 0 Å². The average Bonchev–Trinajstić information content (AvgIpc) is 2.98. The molecule has 4 rings (SSSR count). The van der Waals surface area contributed by atoms with E-state index in [0.717, 1.165) is 12.3 Å². The van der Waals surface area contributed by atoms with Crippen LogP contribution in [0.1, 0.15) is 34.0 Å². The van der Waals surface area contributed by atoms with Crippen LogP contribution in [-0.2, 0) is 16.0 Å². The molecule has 0 radical (unpaired) electrons. The van der Waals surface area contributed by atoms with Crippen molar-refractivity contribution in [2.75, 3.05) is 19.8 Å². The quantitative estimate of drug-likeness (QED) is 0.374. The van der Waals surface area contributed by atoms with Crippen molar-refractivity contribution in [3.05, 3.63) is 91.8 Å². The lowest BCUT2D eigenvalue weighted by atomic mass is 9.96. The number of nitrogens with one attached hydrogen (secondary N) is 1. The molecule has 37 heavy (non-hydrogen) atoms. The highest BCUT2D eigenvalue weighted by Gasteiger charge is 2.30. The molecule has 1 aromatic heterocycles. The lowest BCUT2D eigenvalue weighted by Gasteiger charge is -2.16. The van der Waals surface area contributed by atoms with Gasteiger partial charge in [0.2, 0.25) is 5.88 Å². The summed E-state index contributed by atoms with van der Waals surface area (Å²) in [5.74, 6) is -2.03. The number of ether oxygens (including phenoxy) is 2. The van der Waals surface area contributed by atoms with Gasteiger partial charge in [0.25, 0.3) is 5.91 Å². The number of hydrogen-bond donors (Lipinski definition) is 1. The van der Waals surface area contributed by atoms with Gasteiger partial charge in [0.15, 0.2) is 11.9 Å². The molecule has 0 aliphatic carbocycles. The van der Waals surface area contributed by atoms with Crippen molar-refractivity contribution in [3.8, 4) is 5.88 Å². The summed E-state index contributed by atoms with van der Waals surface area (Å²) < 4.78 is 24.7. The minimum atomic E-state index is -1.32. The molecule has 0 fully saturated rings. The Hall–Kier alpha value is -3.04. The Morgan fingerprint density at radius 2 is 1.86 bits per heavy atom. The second-order valence-electron chi connectivity index (χ2n) is 7.95. The van der Waals surface area contributed by atoms with Crippen LogP contribution in [-0.4, -0.2) is 48.4 Å². The number of benzene rings is 2. The van der Waals surface area contributed by atoms with E-state index >= 15 is 0 Å². The summed E-state index contributed by atoms with van der Waals surface area (Å²) in [6.07, 6.45) is -0.408. The number of Topliss-reactive ketones (excluding diaryl/α,β-unsaturated/α-hetero) is 1. The van der Waals surface area contributed by atoms with Gasteiger partial charge in [-0.15, -0.1) is 0 Å². The normalized spacial score (nSPS) is 15.0. The predicted octanol–water partition coefficient (Wildman–Crippen LogP) is 5.31. The molecule has 0 bridgehead atoms. The van der Waals surface area contributed by atoms with E-state index in [1.165, 1.54) is 12.1 Å². The van der Waals surface area contributed by atoms with Crippen molar-refractivity contribution < 1.29 is 23.5 Å². The monoisotopic (exact) mass is 563 g/mol. The van der Waals surface area contributed by atoms with Gasteiger partial charge in [0, 0.05) is 29.2 Å². The van der Waals surface area contributed by atoms with E-state index in [1.54, 1.807) is 24.3 Å². The number of carbonyl (C=O) groups is 2. The van der Waals surface area contributed by atoms with Crippen molar-refractivity contribution in [2.24, 2.45) is 4.99 Å². The number of aromatic nitrogens is 1. The van der Waals surface area contributed by atoms with Gasteiger partial charge >= 0.3 is 0 Å². The number of amides is 1. The van der Waals surface area contributed by atoms with Crippen molar-refractivity contribution in [3.63, 3.8) is 0 Å². The molecule has 192 valence electrons. The Kier molecular flexibility index (Phi) is 8.76. The second kappa shape index (κ2) is 12.0. The molecular formula is C26H21Cl3FN3O4. The van der Waals surface area contributed by atoms with Gasteiger partial charge in [-0.05, 0) is 30.7 Å². The first-order valence-electron chi connectivity index (χ1n) is 11.3. The van der Waals surface area contributed by atoms with Crippen LogP contribution in [0.15, 0.2) is 53.7 Å². The second-order valence-corrected chi connectivity index (χ2v) is 9.20. The summed E-state index contributed by atoms with van der Waals surface area (Å²) in [6, 6.07) is 11.2. The molecule has 2 heterocycles. The summed E-state index contributed by atoms with van der Waals surface area (Å²) in [6.45, 7) is 2.67. The maximum Gasteiger partial charge on any atom is 0.258 e. The summed E-state index contributed by atoms with van der Waals surface area (Å²) in [4.78, 5) is 34.8. The molecule has 2 aromatic carbocycles. The Labute approximate surface area is 227 Å². The van der Waals surface area contributed by atoms with Crippen LogP contribution in [0.4, 0.5) is 4.39 Å². The summed E-state index contributed by atoms with van der Waals surface area (Å²) in [5.41, 5.74) is 1.79. The first-order chi connectivity index (χ1) is 17.8. The third-order valence-corrected chi connectivity index (χ3v) is 6.26. The van der Waals surface area contributed by atoms with Crippen LogP contribution >= 0.6 is 34.8 Å². The number of halogens is 4. The largest absolute Gasteiger partial charge is 0.475 e. The fourth-order valence-electron chi connectivity index (χ4n) is 3.79. The average molecular weight is 565 g/mol. The molecular weight excluding hydrogens is 544 g/mol. The van der Waals surface area contributed by atoms with Crippen LogP contribution < -0.4 is 10.1 Å². The Balaban J connectivity index is 1.72. The van der Waals surface area contributed by atoms with Crippen molar-refractivity contribution in [1.82, 2.24) is 10.3 Å². The topological polar surface area (TPSA) is 89.9 Å². The standard InChI is InChI=1S/C26H21Cl3FN3O4/c1-2-36-7-8-37-26-18(12-16(30)13-31-26)25(35)33-24-21(34)9-14-5-3-4-6-17(14)23(32-24)22-19(28)10-15(27)11-20(22)29/h3-6,10-13,24H,2,7-9H2,1H3,(H,33,35). The van der Waals surface area contributed by atoms with E-state index in [-0.39, 0.29) is 46.9 Å². The zero-order valence-corrected chi connectivity index (χ0v) is 21.8. The molecule has 1 N–H and O–H groups in total. The van der Waals surface area contributed by atoms with Crippen LogP contribution in [0.2, 0.25) is 15.1 Å². The molecule has 7 nitrogen and oxygen atoms in total. The lowest BCUT2D eigenvalue weighted by Crippen LogP contribution is -2.40. The first-order valence-corrected chi connectivity index (χ1v) is 12.4. The van der Waals surface area contributed by atoms with Crippen LogP contribution in [0, 0.1) is 5.82 Å². The molecule has 0 saturated carbocycles. The molecule has 1 amide bonds. The van der Waals surface area contributed by atoms with Gasteiger partial charge in [-0.25, -0.2) is 9.37 Å². The zero-order valence-electron chi connectivity index (χ0n) is 19.6. The van der Waals surface area contributed by atoms with Gasteiger partial charge < -0.3 is 14.8 Å². The first kappa shape index (κ1) is 27.0. The zero-order chi connectivity index (χ0) is 26.5. The van der Waals surface area contributed by atoms with E-state index < -0.39 is 17.9 Å². The van der Waals surface area contributed by atoms with Gasteiger partial charge in [-0.1, -0.05) is 59.1 Å². The van der Waals surface area contributed by atoms with E-state index in [9.17, 15) is 14.0 Å². The number of carbonyl (C=O) groups excluding carboxylic acids is 2. The highest BCUT2D eigenvalue weighted by molar-refractivity contribution is 6.43. The molecule has 11 heteroatoms. The molecule has 3 aromatic rings. The maximum atomic E-state index is 14.0. The van der Waals surface area contributed by atoms with E-state index in [4.69, 9.17) is 44.3 Å². The fourth-order valence-corrected chi connectivity index (χ4v) is 4.78. The summed E-state index contributed by atoms with van der Waals surface area (Å²) >= 11 is 19.1. The minimum Gasteiger partial charge on any atom is -0.475 e. The number of aliphatic imine (C=N–C) groups is 1. The molecule has 1 atom stereocenters. The smallest absolute Gasteiger partial charge is 0.258 e. The highest BCUT2D eigenvalue weighted by atomic mass is 35.5. The number of rotatable bonds is 8. The van der Waals surface area contributed by atoms with E-state index in [1.807, 2.05) is 6.92 Å². The number of hydrogen-bond acceptors (Lipinski definition) is 6. The third-order valence-electron chi connectivity index (χ3n) is 5.44. The number of ketones is 1. The predicted molar refractivity (Wildman–Crippen MR) is 140 cm³/mol. The molecule has 1 unspecified atom stereocenters.